The van der Waals surface area contributed by atoms with Crippen LogP contribution in [0.15, 0.2) is 29.2 Å². The Hall–Kier alpha value is -1.19. The number of benzene rings is 1. The van der Waals surface area contributed by atoms with Crippen LogP contribution < -0.4 is 5.32 Å². The van der Waals surface area contributed by atoms with E-state index < -0.39 is 10.1 Å². The van der Waals surface area contributed by atoms with Crippen LogP contribution in [0.2, 0.25) is 0 Å². The molecule has 1 fully saturated rings. The highest BCUT2D eigenvalue weighted by Crippen LogP contribution is 2.13. The van der Waals surface area contributed by atoms with Gasteiger partial charge in [0.1, 0.15) is 0 Å². The fourth-order valence-corrected chi connectivity index (χ4v) is 4.31. The largest absolute Gasteiger partial charge is 0.377 e. The first-order valence-corrected chi connectivity index (χ1v) is 14.7. The number of piperidine rings is 1. The summed E-state index contributed by atoms with van der Waals surface area (Å²) < 4.78 is 67.4. The second kappa shape index (κ2) is 21.6. The molecule has 1 aromatic rings. The molecule has 0 aliphatic carbocycles. The Kier molecular flexibility index (Phi) is 18.8. The van der Waals surface area contributed by atoms with E-state index in [-0.39, 0.29) is 18.1 Å². The van der Waals surface area contributed by atoms with E-state index in [9.17, 15) is 8.42 Å². The van der Waals surface area contributed by atoms with Gasteiger partial charge in [0.25, 0.3) is 10.1 Å². The average molecular weight is 564 g/mol. The van der Waals surface area contributed by atoms with Crippen molar-refractivity contribution in [3.63, 3.8) is 0 Å². The molecular formula is C26H45NO10S. The molecule has 0 amide bonds. The maximum absolute atomic E-state index is 12.0. The van der Waals surface area contributed by atoms with E-state index in [0.717, 1.165) is 31.5 Å². The van der Waals surface area contributed by atoms with Crippen molar-refractivity contribution in [3.05, 3.63) is 29.8 Å². The van der Waals surface area contributed by atoms with Gasteiger partial charge < -0.3 is 38.5 Å². The van der Waals surface area contributed by atoms with Gasteiger partial charge >= 0.3 is 0 Å². The van der Waals surface area contributed by atoms with E-state index in [1.54, 1.807) is 12.1 Å². The molecule has 1 aliphatic rings. The van der Waals surface area contributed by atoms with E-state index in [0.29, 0.717) is 85.4 Å². The predicted octanol–water partition coefficient (Wildman–Crippen LogP) is 1.57. The highest BCUT2D eigenvalue weighted by atomic mass is 32.2. The lowest BCUT2D eigenvalue weighted by molar-refractivity contribution is -0.0308. The minimum absolute atomic E-state index is 0.0493. The third-order valence-electron chi connectivity index (χ3n) is 5.50. The molecule has 0 saturated carbocycles. The summed E-state index contributed by atoms with van der Waals surface area (Å²) in [7, 11) is -3.76. The summed E-state index contributed by atoms with van der Waals surface area (Å²) in [5.74, 6) is 0. The molecule has 11 nitrogen and oxygen atoms in total. The van der Waals surface area contributed by atoms with Crippen LogP contribution in [-0.2, 0) is 47.5 Å². The van der Waals surface area contributed by atoms with Gasteiger partial charge in [-0.2, -0.15) is 8.42 Å². The zero-order chi connectivity index (χ0) is 27.2. The Morgan fingerprint density at radius 2 is 1.03 bits per heavy atom. The highest BCUT2D eigenvalue weighted by molar-refractivity contribution is 7.86. The summed E-state index contributed by atoms with van der Waals surface area (Å²) in [5.41, 5.74) is 0.981. The average Bonchev–Trinajstić information content (AvgIpc) is 2.92. The Labute approximate surface area is 227 Å². The van der Waals surface area contributed by atoms with Crippen molar-refractivity contribution in [3.8, 4) is 0 Å². The topological polar surface area (TPSA) is 120 Å². The molecule has 1 saturated heterocycles. The molecule has 1 aromatic carbocycles. The van der Waals surface area contributed by atoms with Crippen molar-refractivity contribution >= 4 is 10.1 Å². The minimum atomic E-state index is -3.76. The van der Waals surface area contributed by atoms with Gasteiger partial charge in [0.05, 0.1) is 103 Å². The predicted molar refractivity (Wildman–Crippen MR) is 141 cm³/mol. The molecule has 1 N–H and O–H groups in total. The van der Waals surface area contributed by atoms with Crippen LogP contribution in [0, 0.1) is 6.92 Å². The highest BCUT2D eigenvalue weighted by Gasteiger charge is 2.14. The van der Waals surface area contributed by atoms with Crippen molar-refractivity contribution < 1.29 is 45.8 Å². The summed E-state index contributed by atoms with van der Waals surface area (Å²) in [5, 5.41) is 3.32. The van der Waals surface area contributed by atoms with Crippen molar-refractivity contribution in [1.29, 1.82) is 0 Å². The molecule has 2 rings (SSSR count). The van der Waals surface area contributed by atoms with Gasteiger partial charge in [0.15, 0.2) is 0 Å². The van der Waals surface area contributed by atoms with Gasteiger partial charge in [-0.15, -0.1) is 0 Å². The van der Waals surface area contributed by atoms with Crippen LogP contribution in [-0.4, -0.2) is 120 Å². The number of rotatable bonds is 24. The number of hydrogen-bond acceptors (Lipinski definition) is 11. The molecule has 0 aromatic heterocycles. The molecule has 0 atom stereocenters. The Morgan fingerprint density at radius 1 is 0.632 bits per heavy atom. The summed E-state index contributed by atoms with van der Waals surface area (Å²) in [4.78, 5) is 0.135. The first-order chi connectivity index (χ1) is 18.6. The van der Waals surface area contributed by atoms with Crippen LogP contribution in [0.5, 0.6) is 0 Å². The lowest BCUT2D eigenvalue weighted by atomic mass is 10.1. The first-order valence-electron chi connectivity index (χ1n) is 13.3. The normalized spacial score (nSPS) is 14.8. The lowest BCUT2D eigenvalue weighted by Gasteiger charge is -2.22. The van der Waals surface area contributed by atoms with E-state index in [1.807, 2.05) is 6.92 Å². The van der Waals surface area contributed by atoms with E-state index in [2.05, 4.69) is 5.32 Å². The fraction of sp³-hybridized carbons (Fsp3) is 0.769. The number of ether oxygens (including phenoxy) is 7. The van der Waals surface area contributed by atoms with Crippen molar-refractivity contribution in [2.75, 3.05) is 106 Å². The first kappa shape index (κ1) is 33.0. The van der Waals surface area contributed by atoms with Crippen LogP contribution in [0.25, 0.3) is 0 Å². The van der Waals surface area contributed by atoms with Gasteiger partial charge in [0.2, 0.25) is 0 Å². The maximum atomic E-state index is 12.0. The number of aryl methyl sites for hydroxylation is 1. The molecular weight excluding hydrogens is 518 g/mol. The van der Waals surface area contributed by atoms with E-state index in [4.69, 9.17) is 37.3 Å². The molecule has 0 unspecified atom stereocenters. The van der Waals surface area contributed by atoms with Gasteiger partial charge in [-0.05, 0) is 45.0 Å². The SMILES string of the molecule is Cc1ccc(S(=O)(=O)OCCOCCOCCOCCOCCOCCOCCOC2CCNCC2)cc1. The van der Waals surface area contributed by atoms with E-state index >= 15 is 0 Å². The molecule has 1 aliphatic heterocycles. The second-order valence-corrected chi connectivity index (χ2v) is 10.2. The Morgan fingerprint density at radius 3 is 1.47 bits per heavy atom. The molecule has 0 radical (unpaired) electrons. The van der Waals surface area contributed by atoms with Crippen LogP contribution in [0.4, 0.5) is 0 Å². The quantitative estimate of drug-likeness (QED) is 0.146. The summed E-state index contributed by atoms with van der Waals surface area (Å²) in [6, 6.07) is 6.50. The molecule has 0 bridgehead atoms. The zero-order valence-corrected chi connectivity index (χ0v) is 23.4. The van der Waals surface area contributed by atoms with Crippen LogP contribution in [0.3, 0.4) is 0 Å². The Balaban J connectivity index is 1.23. The zero-order valence-electron chi connectivity index (χ0n) is 22.6. The summed E-state index contributed by atoms with van der Waals surface area (Å²) in [6.07, 6.45) is 2.51. The second-order valence-electron chi connectivity index (χ2n) is 8.58. The smallest absolute Gasteiger partial charge is 0.297 e. The van der Waals surface area contributed by atoms with Crippen LogP contribution in [0.1, 0.15) is 18.4 Å². The molecule has 1 heterocycles. The molecule has 0 spiro atoms. The van der Waals surface area contributed by atoms with Gasteiger partial charge in [-0.1, -0.05) is 17.7 Å². The van der Waals surface area contributed by atoms with Crippen molar-refractivity contribution in [2.24, 2.45) is 0 Å². The van der Waals surface area contributed by atoms with Crippen LogP contribution >= 0.6 is 0 Å². The standard InChI is InChI=1S/C26H45NO10S/c1-24-2-4-26(5-3-24)38(28,29)37-23-21-35-19-17-33-15-13-31-11-10-30-12-14-32-16-18-34-20-22-36-25-6-8-27-9-7-25/h2-5,25,27H,6-23H2,1H3. The Bertz CT molecular complexity index is 788. The fourth-order valence-electron chi connectivity index (χ4n) is 3.41. The summed E-state index contributed by atoms with van der Waals surface area (Å²) >= 11 is 0. The van der Waals surface area contributed by atoms with Gasteiger partial charge in [0, 0.05) is 0 Å². The van der Waals surface area contributed by atoms with Gasteiger partial charge in [-0.25, -0.2) is 0 Å². The van der Waals surface area contributed by atoms with Gasteiger partial charge in [-0.3, -0.25) is 4.18 Å². The number of hydrogen-bond donors (Lipinski definition) is 1. The molecule has 220 valence electrons. The molecule has 12 heteroatoms. The van der Waals surface area contributed by atoms with Crippen molar-refractivity contribution in [2.45, 2.75) is 30.8 Å². The van der Waals surface area contributed by atoms with E-state index in [1.165, 1.54) is 12.1 Å². The molecule has 38 heavy (non-hydrogen) atoms. The number of nitrogens with one attached hydrogen (secondary N) is 1. The maximum Gasteiger partial charge on any atom is 0.297 e. The third kappa shape index (κ3) is 16.7. The monoisotopic (exact) mass is 563 g/mol. The summed E-state index contributed by atoms with van der Waals surface area (Å²) in [6.45, 7) is 9.98. The lowest BCUT2D eigenvalue weighted by Crippen LogP contribution is -2.33. The van der Waals surface area contributed by atoms with Crippen molar-refractivity contribution in [1.82, 2.24) is 5.32 Å². The minimum Gasteiger partial charge on any atom is -0.377 e. The third-order valence-corrected chi connectivity index (χ3v) is 6.83.